The molecule has 1 N–H and O–H groups in total. The van der Waals surface area contributed by atoms with Gasteiger partial charge in [-0.25, -0.2) is 0 Å². The van der Waals surface area contributed by atoms with E-state index in [1.165, 1.54) is 0 Å². The molecule has 78 valence electrons. The van der Waals surface area contributed by atoms with E-state index in [-0.39, 0.29) is 12.6 Å². The molecule has 0 aliphatic heterocycles. The summed E-state index contributed by atoms with van der Waals surface area (Å²) in [5.74, 6) is -0.789. The molecule has 0 fully saturated rings. The summed E-state index contributed by atoms with van der Waals surface area (Å²) in [6.45, 7) is 4.72. The van der Waals surface area contributed by atoms with E-state index in [0.717, 1.165) is 4.88 Å². The minimum atomic E-state index is -0.789. The fraction of sp³-hybridized carbons (Fsp3) is 0.556. The first-order chi connectivity index (χ1) is 6.59. The Kier molecular flexibility index (Phi) is 4.03. The molecule has 0 aliphatic carbocycles. The molecule has 1 aromatic heterocycles. The van der Waals surface area contributed by atoms with E-state index in [1.807, 2.05) is 18.7 Å². The van der Waals surface area contributed by atoms with Crippen molar-refractivity contribution in [1.82, 2.24) is 9.88 Å². The monoisotopic (exact) mass is 214 g/mol. The zero-order valence-corrected chi connectivity index (χ0v) is 9.12. The van der Waals surface area contributed by atoms with Gasteiger partial charge in [0, 0.05) is 23.7 Å². The van der Waals surface area contributed by atoms with Gasteiger partial charge in [-0.15, -0.1) is 11.3 Å². The first-order valence-corrected chi connectivity index (χ1v) is 5.30. The predicted molar refractivity (Wildman–Crippen MR) is 55.3 cm³/mol. The van der Waals surface area contributed by atoms with Crippen molar-refractivity contribution in [3.05, 3.63) is 16.6 Å². The van der Waals surface area contributed by atoms with E-state index in [2.05, 4.69) is 4.98 Å². The lowest BCUT2D eigenvalue weighted by Crippen LogP contribution is -2.34. The van der Waals surface area contributed by atoms with Crippen molar-refractivity contribution in [1.29, 1.82) is 0 Å². The molecular formula is C9H14N2O2S. The zero-order chi connectivity index (χ0) is 10.6. The Bertz CT molecular complexity index is 285. The fourth-order valence-electron chi connectivity index (χ4n) is 1.12. The molecule has 14 heavy (non-hydrogen) atoms. The highest BCUT2D eigenvalue weighted by Gasteiger charge is 2.14. The van der Waals surface area contributed by atoms with E-state index in [4.69, 9.17) is 5.11 Å². The van der Waals surface area contributed by atoms with Gasteiger partial charge >= 0.3 is 5.97 Å². The first kappa shape index (κ1) is 11.1. The summed E-state index contributed by atoms with van der Waals surface area (Å²) in [7, 11) is 0. The summed E-state index contributed by atoms with van der Waals surface area (Å²) in [4.78, 5) is 17.5. The second-order valence-electron chi connectivity index (χ2n) is 3.36. The van der Waals surface area contributed by atoms with Gasteiger partial charge < -0.3 is 5.11 Å². The molecule has 0 spiro atoms. The van der Waals surface area contributed by atoms with E-state index in [1.54, 1.807) is 23.0 Å². The average molecular weight is 214 g/mol. The third-order valence-corrected chi connectivity index (χ3v) is 2.68. The number of nitrogens with zero attached hydrogens (tertiary/aromatic N) is 2. The van der Waals surface area contributed by atoms with Crippen LogP contribution in [0.1, 0.15) is 18.7 Å². The van der Waals surface area contributed by atoms with Crippen LogP contribution in [-0.2, 0) is 11.3 Å². The van der Waals surface area contributed by atoms with E-state index in [0.29, 0.717) is 6.54 Å². The van der Waals surface area contributed by atoms with Crippen LogP contribution in [0, 0.1) is 0 Å². The molecule has 1 aromatic rings. The molecule has 0 aliphatic rings. The lowest BCUT2D eigenvalue weighted by molar-refractivity contribution is -0.138. The second kappa shape index (κ2) is 5.07. The lowest BCUT2D eigenvalue weighted by Gasteiger charge is -2.23. The molecule has 4 nitrogen and oxygen atoms in total. The molecule has 5 heteroatoms. The van der Waals surface area contributed by atoms with Crippen LogP contribution in [0.15, 0.2) is 11.7 Å². The minimum absolute atomic E-state index is 0.0789. The lowest BCUT2D eigenvalue weighted by atomic mass is 10.3. The fourth-order valence-corrected chi connectivity index (χ4v) is 1.73. The Morgan fingerprint density at radius 1 is 1.71 bits per heavy atom. The van der Waals surface area contributed by atoms with Gasteiger partial charge in [0.2, 0.25) is 0 Å². The van der Waals surface area contributed by atoms with Crippen LogP contribution >= 0.6 is 11.3 Å². The molecule has 0 atom stereocenters. The summed E-state index contributed by atoms with van der Waals surface area (Å²) >= 11 is 1.55. The van der Waals surface area contributed by atoms with E-state index >= 15 is 0 Å². The third-order valence-electron chi connectivity index (χ3n) is 1.91. The Hall–Kier alpha value is -0.940. The number of carboxylic acids is 1. The Morgan fingerprint density at radius 2 is 2.43 bits per heavy atom. The Morgan fingerprint density at radius 3 is 2.86 bits per heavy atom. The molecule has 0 aromatic carbocycles. The number of aliphatic carboxylic acids is 1. The van der Waals surface area contributed by atoms with Crippen LogP contribution in [-0.4, -0.2) is 33.5 Å². The Balaban J connectivity index is 2.56. The van der Waals surface area contributed by atoms with Crippen LogP contribution in [0.25, 0.3) is 0 Å². The van der Waals surface area contributed by atoms with Crippen LogP contribution in [0.5, 0.6) is 0 Å². The standard InChI is InChI=1S/C9H14N2O2S/c1-7(2)11(5-9(12)13)4-8-3-10-6-14-8/h3,6-7H,4-5H2,1-2H3,(H,12,13). The highest BCUT2D eigenvalue weighted by Crippen LogP contribution is 2.11. The van der Waals surface area contributed by atoms with Gasteiger partial charge in [0.15, 0.2) is 0 Å². The molecule has 0 saturated carbocycles. The molecule has 0 radical (unpaired) electrons. The van der Waals surface area contributed by atoms with Gasteiger partial charge in [-0.2, -0.15) is 0 Å². The van der Waals surface area contributed by atoms with Gasteiger partial charge in [0.05, 0.1) is 12.1 Å². The third kappa shape index (κ3) is 3.43. The van der Waals surface area contributed by atoms with E-state index in [9.17, 15) is 4.79 Å². The number of hydrogen-bond acceptors (Lipinski definition) is 4. The molecule has 0 amide bonds. The van der Waals surface area contributed by atoms with Gasteiger partial charge in [-0.3, -0.25) is 14.7 Å². The minimum Gasteiger partial charge on any atom is -0.480 e. The highest BCUT2D eigenvalue weighted by atomic mass is 32.1. The van der Waals surface area contributed by atoms with Crippen molar-refractivity contribution in [3.8, 4) is 0 Å². The van der Waals surface area contributed by atoms with Crippen molar-refractivity contribution in [2.24, 2.45) is 0 Å². The maximum absolute atomic E-state index is 10.6. The largest absolute Gasteiger partial charge is 0.480 e. The van der Waals surface area contributed by atoms with Crippen LogP contribution in [0.3, 0.4) is 0 Å². The average Bonchev–Trinajstić information content (AvgIpc) is 2.54. The number of thiazole rings is 1. The molecule has 1 rings (SSSR count). The van der Waals surface area contributed by atoms with Crippen molar-refractivity contribution < 1.29 is 9.90 Å². The number of carboxylic acid groups (broad SMARTS) is 1. The first-order valence-electron chi connectivity index (χ1n) is 4.43. The van der Waals surface area contributed by atoms with Gasteiger partial charge in [-0.05, 0) is 13.8 Å². The molecule has 0 bridgehead atoms. The van der Waals surface area contributed by atoms with Crippen molar-refractivity contribution in [2.75, 3.05) is 6.54 Å². The van der Waals surface area contributed by atoms with Crippen LogP contribution in [0.2, 0.25) is 0 Å². The van der Waals surface area contributed by atoms with Crippen molar-refractivity contribution >= 4 is 17.3 Å². The summed E-state index contributed by atoms with van der Waals surface area (Å²) in [6, 6.07) is 0.230. The maximum Gasteiger partial charge on any atom is 0.317 e. The summed E-state index contributed by atoms with van der Waals surface area (Å²) in [5.41, 5.74) is 1.76. The Labute approximate surface area is 87.2 Å². The number of rotatable bonds is 5. The van der Waals surface area contributed by atoms with E-state index < -0.39 is 5.97 Å². The van der Waals surface area contributed by atoms with Gasteiger partial charge in [0.1, 0.15) is 0 Å². The maximum atomic E-state index is 10.6. The van der Waals surface area contributed by atoms with Crippen molar-refractivity contribution in [2.45, 2.75) is 26.4 Å². The smallest absolute Gasteiger partial charge is 0.317 e. The quantitative estimate of drug-likeness (QED) is 0.805. The van der Waals surface area contributed by atoms with Gasteiger partial charge in [-0.1, -0.05) is 0 Å². The van der Waals surface area contributed by atoms with Gasteiger partial charge in [0.25, 0.3) is 0 Å². The number of hydrogen-bond donors (Lipinski definition) is 1. The summed E-state index contributed by atoms with van der Waals surface area (Å²) in [5, 5.41) is 8.71. The highest BCUT2D eigenvalue weighted by molar-refractivity contribution is 7.09. The predicted octanol–water partition coefficient (Wildman–Crippen LogP) is 1.44. The molecular weight excluding hydrogens is 200 g/mol. The number of carbonyl (C=O) groups is 1. The zero-order valence-electron chi connectivity index (χ0n) is 8.30. The molecule has 0 unspecified atom stereocenters. The topological polar surface area (TPSA) is 53.4 Å². The SMILES string of the molecule is CC(C)N(CC(=O)O)Cc1cncs1. The summed E-state index contributed by atoms with van der Waals surface area (Å²) in [6.07, 6.45) is 1.78. The second-order valence-corrected chi connectivity index (χ2v) is 4.33. The summed E-state index contributed by atoms with van der Waals surface area (Å²) < 4.78 is 0. The van der Waals surface area contributed by atoms with Crippen LogP contribution < -0.4 is 0 Å². The molecule has 1 heterocycles. The number of aromatic nitrogens is 1. The molecule has 0 saturated heterocycles. The van der Waals surface area contributed by atoms with Crippen LogP contribution in [0.4, 0.5) is 0 Å². The normalized spacial score (nSPS) is 11.1. The van der Waals surface area contributed by atoms with Crippen molar-refractivity contribution in [3.63, 3.8) is 0 Å².